The van der Waals surface area contributed by atoms with Gasteiger partial charge >= 0.3 is 6.61 Å². The van der Waals surface area contributed by atoms with Crippen molar-refractivity contribution in [3.8, 4) is 11.8 Å². The van der Waals surface area contributed by atoms with Gasteiger partial charge in [0, 0.05) is 11.3 Å². The quantitative estimate of drug-likeness (QED) is 0.808. The number of carbonyl (C=O) groups is 1. The van der Waals surface area contributed by atoms with Gasteiger partial charge in [0.2, 0.25) is 5.91 Å². The maximum absolute atomic E-state index is 12.3. The van der Waals surface area contributed by atoms with Gasteiger partial charge in [0.15, 0.2) is 0 Å². The number of ether oxygens (including phenoxy) is 1. The molecule has 1 rings (SSSR count). The van der Waals surface area contributed by atoms with Gasteiger partial charge in [0.1, 0.15) is 11.3 Å². The number of amides is 1. The minimum Gasteiger partial charge on any atom is -0.434 e. The molecule has 0 bridgehead atoms. The fourth-order valence-corrected chi connectivity index (χ4v) is 1.84. The van der Waals surface area contributed by atoms with Crippen LogP contribution in [0, 0.1) is 24.2 Å². The van der Waals surface area contributed by atoms with Gasteiger partial charge < -0.3 is 15.4 Å². The molecule has 0 spiro atoms. The van der Waals surface area contributed by atoms with Crippen molar-refractivity contribution < 1.29 is 18.3 Å². The summed E-state index contributed by atoms with van der Waals surface area (Å²) < 4.78 is 29.0. The van der Waals surface area contributed by atoms with E-state index in [1.807, 2.05) is 13.8 Å². The molecule has 0 aliphatic rings. The topological polar surface area (TPSA) is 74.2 Å². The highest BCUT2D eigenvalue weighted by molar-refractivity contribution is 5.82. The van der Waals surface area contributed by atoms with E-state index < -0.39 is 12.2 Å². The Morgan fingerprint density at radius 2 is 2.09 bits per heavy atom. The number of hydrogen-bond acceptors (Lipinski definition) is 4. The Bertz CT molecular complexity index is 599. The average Bonchev–Trinajstić information content (AvgIpc) is 2.47. The molecule has 1 atom stereocenters. The first-order valence-corrected chi connectivity index (χ1v) is 7.20. The van der Waals surface area contributed by atoms with E-state index in [4.69, 9.17) is 0 Å². The molecule has 1 aromatic carbocycles. The Balaban J connectivity index is 2.72. The van der Waals surface area contributed by atoms with E-state index >= 15 is 0 Å². The van der Waals surface area contributed by atoms with Crippen LogP contribution in [-0.2, 0) is 4.79 Å². The third-order valence-electron chi connectivity index (χ3n) is 3.73. The zero-order valence-corrected chi connectivity index (χ0v) is 13.6. The lowest BCUT2D eigenvalue weighted by Gasteiger charge is -2.27. The number of nitrogens with one attached hydrogen (secondary N) is 2. The third-order valence-corrected chi connectivity index (χ3v) is 3.73. The standard InChI is InChI=1S/C16H21F2N3O2/c1-10(2)16(4,9-19)21-14(22)8-20-12-6-5-7-13(11(12)3)23-15(17)18/h5-7,10,15,20H,8H2,1-4H3,(H,21,22). The van der Waals surface area contributed by atoms with Crippen molar-refractivity contribution in [3.05, 3.63) is 23.8 Å². The number of alkyl halides is 2. The van der Waals surface area contributed by atoms with E-state index in [0.717, 1.165) is 0 Å². The van der Waals surface area contributed by atoms with Crippen LogP contribution in [0.3, 0.4) is 0 Å². The number of nitriles is 1. The van der Waals surface area contributed by atoms with Crippen LogP contribution in [0.5, 0.6) is 5.75 Å². The lowest BCUT2D eigenvalue weighted by atomic mass is 9.90. The van der Waals surface area contributed by atoms with Crippen LogP contribution in [0.2, 0.25) is 0 Å². The highest BCUT2D eigenvalue weighted by Crippen LogP contribution is 2.26. The number of carbonyl (C=O) groups excluding carboxylic acids is 1. The van der Waals surface area contributed by atoms with E-state index in [1.165, 1.54) is 6.07 Å². The summed E-state index contributed by atoms with van der Waals surface area (Å²) in [5.41, 5.74) is 0.0306. The zero-order valence-electron chi connectivity index (χ0n) is 13.6. The summed E-state index contributed by atoms with van der Waals surface area (Å²) in [7, 11) is 0. The highest BCUT2D eigenvalue weighted by Gasteiger charge is 2.29. The SMILES string of the molecule is Cc1c(NCC(=O)NC(C)(C#N)C(C)C)cccc1OC(F)F. The molecular formula is C16H21F2N3O2. The summed E-state index contributed by atoms with van der Waals surface area (Å²) in [5, 5.41) is 14.7. The Morgan fingerprint density at radius 1 is 1.43 bits per heavy atom. The van der Waals surface area contributed by atoms with Crippen LogP contribution in [0.25, 0.3) is 0 Å². The minimum atomic E-state index is -2.91. The van der Waals surface area contributed by atoms with Crippen molar-refractivity contribution in [2.24, 2.45) is 5.92 Å². The van der Waals surface area contributed by atoms with Crippen molar-refractivity contribution in [3.63, 3.8) is 0 Å². The number of anilines is 1. The molecule has 0 heterocycles. The third kappa shape index (κ3) is 5.09. The lowest BCUT2D eigenvalue weighted by molar-refractivity contribution is -0.121. The normalized spacial score (nSPS) is 13.3. The molecule has 0 saturated carbocycles. The number of halogens is 2. The van der Waals surface area contributed by atoms with Gasteiger partial charge in [-0.3, -0.25) is 4.79 Å². The largest absolute Gasteiger partial charge is 0.434 e. The monoisotopic (exact) mass is 325 g/mol. The lowest BCUT2D eigenvalue weighted by Crippen LogP contribution is -2.50. The van der Waals surface area contributed by atoms with Crippen molar-refractivity contribution in [1.82, 2.24) is 5.32 Å². The summed E-state index contributed by atoms with van der Waals surface area (Å²) in [6.07, 6.45) is 0. The Morgan fingerprint density at radius 3 is 2.61 bits per heavy atom. The van der Waals surface area contributed by atoms with Gasteiger partial charge in [-0.25, -0.2) is 0 Å². The van der Waals surface area contributed by atoms with Gasteiger partial charge in [-0.1, -0.05) is 19.9 Å². The maximum Gasteiger partial charge on any atom is 0.387 e. The first kappa shape index (κ1) is 18.7. The van der Waals surface area contributed by atoms with Crippen LogP contribution in [0.15, 0.2) is 18.2 Å². The Labute approximate surface area is 134 Å². The van der Waals surface area contributed by atoms with E-state index in [2.05, 4.69) is 21.4 Å². The summed E-state index contributed by atoms with van der Waals surface area (Å²) in [6.45, 7) is 3.96. The van der Waals surface area contributed by atoms with E-state index in [-0.39, 0.29) is 24.1 Å². The second-order valence-electron chi connectivity index (χ2n) is 5.68. The van der Waals surface area contributed by atoms with Crippen LogP contribution in [-0.4, -0.2) is 24.6 Å². The molecule has 0 fully saturated rings. The molecular weight excluding hydrogens is 304 g/mol. The molecule has 0 radical (unpaired) electrons. The molecule has 0 saturated heterocycles. The number of benzene rings is 1. The predicted octanol–water partition coefficient (Wildman–Crippen LogP) is 3.06. The second-order valence-corrected chi connectivity index (χ2v) is 5.68. The molecule has 0 aliphatic heterocycles. The predicted molar refractivity (Wildman–Crippen MR) is 83.3 cm³/mol. The molecule has 7 heteroatoms. The number of nitrogens with zero attached hydrogens (tertiary/aromatic N) is 1. The van der Waals surface area contributed by atoms with Crippen LogP contribution in [0.4, 0.5) is 14.5 Å². The molecule has 23 heavy (non-hydrogen) atoms. The first-order valence-electron chi connectivity index (χ1n) is 7.20. The molecule has 0 aromatic heterocycles. The van der Waals surface area contributed by atoms with Crippen molar-refractivity contribution in [1.29, 1.82) is 5.26 Å². The van der Waals surface area contributed by atoms with Gasteiger partial charge in [0.25, 0.3) is 0 Å². The molecule has 1 amide bonds. The second kappa shape index (κ2) is 7.77. The van der Waals surface area contributed by atoms with Gasteiger partial charge in [0.05, 0.1) is 12.6 Å². The summed E-state index contributed by atoms with van der Waals surface area (Å²) in [6, 6.07) is 6.73. The van der Waals surface area contributed by atoms with E-state index in [9.17, 15) is 18.8 Å². The van der Waals surface area contributed by atoms with Crippen LogP contribution in [0.1, 0.15) is 26.3 Å². The molecule has 1 aromatic rings. The van der Waals surface area contributed by atoms with Crippen molar-refractivity contribution >= 4 is 11.6 Å². The molecule has 1 unspecified atom stereocenters. The summed E-state index contributed by atoms with van der Waals surface area (Å²) in [4.78, 5) is 12.0. The Kier molecular flexibility index (Phi) is 6.31. The molecule has 5 nitrogen and oxygen atoms in total. The van der Waals surface area contributed by atoms with Crippen LogP contribution >= 0.6 is 0 Å². The smallest absolute Gasteiger partial charge is 0.387 e. The highest BCUT2D eigenvalue weighted by atomic mass is 19.3. The van der Waals surface area contributed by atoms with E-state index in [0.29, 0.717) is 11.3 Å². The van der Waals surface area contributed by atoms with E-state index in [1.54, 1.807) is 26.0 Å². The summed E-state index contributed by atoms with van der Waals surface area (Å²) >= 11 is 0. The van der Waals surface area contributed by atoms with Gasteiger partial charge in [-0.05, 0) is 31.9 Å². The fraction of sp³-hybridized carbons (Fsp3) is 0.500. The van der Waals surface area contributed by atoms with Crippen LogP contribution < -0.4 is 15.4 Å². The number of hydrogen-bond donors (Lipinski definition) is 2. The zero-order chi connectivity index (χ0) is 17.6. The minimum absolute atomic E-state index is 0.0504. The molecule has 0 aliphatic carbocycles. The number of rotatable bonds is 7. The van der Waals surface area contributed by atoms with Gasteiger partial charge in [-0.15, -0.1) is 0 Å². The van der Waals surface area contributed by atoms with Crippen molar-refractivity contribution in [2.45, 2.75) is 39.8 Å². The Hall–Kier alpha value is -2.36. The average molecular weight is 325 g/mol. The molecule has 126 valence electrons. The summed E-state index contributed by atoms with van der Waals surface area (Å²) in [5.74, 6) is -0.363. The van der Waals surface area contributed by atoms with Gasteiger partial charge in [-0.2, -0.15) is 14.0 Å². The maximum atomic E-state index is 12.3. The van der Waals surface area contributed by atoms with Crippen molar-refractivity contribution in [2.75, 3.05) is 11.9 Å². The molecule has 2 N–H and O–H groups in total. The first-order chi connectivity index (χ1) is 10.7. The fourth-order valence-electron chi connectivity index (χ4n) is 1.84.